The number of benzene rings is 1. The van der Waals surface area contributed by atoms with Crippen LogP contribution in [0, 0.1) is 6.92 Å². The standard InChI is InChI=1S/C16H14ClN3/c1-11-6-7-19-16(17)15(11)20-10-13-9-18-8-12-4-2-3-5-14(12)13/h2-9,20H,10H2,1H3. The molecular formula is C16H14ClN3. The Bertz CT molecular complexity index is 730. The largest absolute Gasteiger partial charge is 0.378 e. The molecule has 20 heavy (non-hydrogen) atoms. The summed E-state index contributed by atoms with van der Waals surface area (Å²) < 4.78 is 0. The minimum Gasteiger partial charge on any atom is -0.378 e. The van der Waals surface area contributed by atoms with E-state index in [9.17, 15) is 0 Å². The van der Waals surface area contributed by atoms with E-state index in [1.165, 1.54) is 5.39 Å². The maximum Gasteiger partial charge on any atom is 0.152 e. The highest BCUT2D eigenvalue weighted by Crippen LogP contribution is 2.24. The van der Waals surface area contributed by atoms with Gasteiger partial charge in [0.2, 0.25) is 0 Å². The number of hydrogen-bond donors (Lipinski definition) is 1. The molecule has 0 aliphatic heterocycles. The van der Waals surface area contributed by atoms with E-state index in [1.807, 2.05) is 37.5 Å². The molecule has 3 nitrogen and oxygen atoms in total. The van der Waals surface area contributed by atoms with Crippen LogP contribution in [0.4, 0.5) is 5.69 Å². The van der Waals surface area contributed by atoms with Gasteiger partial charge in [-0.1, -0.05) is 35.9 Å². The van der Waals surface area contributed by atoms with Crippen LogP contribution >= 0.6 is 11.6 Å². The number of pyridine rings is 2. The first-order valence-electron chi connectivity index (χ1n) is 6.42. The molecule has 100 valence electrons. The van der Waals surface area contributed by atoms with E-state index in [-0.39, 0.29) is 0 Å². The molecule has 2 aromatic heterocycles. The van der Waals surface area contributed by atoms with Crippen molar-refractivity contribution in [3.05, 3.63) is 65.2 Å². The van der Waals surface area contributed by atoms with E-state index < -0.39 is 0 Å². The number of nitrogens with zero attached hydrogens (tertiary/aromatic N) is 2. The van der Waals surface area contributed by atoms with Crippen LogP contribution in [0.2, 0.25) is 5.15 Å². The van der Waals surface area contributed by atoms with E-state index >= 15 is 0 Å². The highest BCUT2D eigenvalue weighted by molar-refractivity contribution is 6.32. The van der Waals surface area contributed by atoms with Gasteiger partial charge in [-0.25, -0.2) is 4.98 Å². The van der Waals surface area contributed by atoms with E-state index in [2.05, 4.69) is 27.4 Å². The van der Waals surface area contributed by atoms with Crippen LogP contribution in [0.5, 0.6) is 0 Å². The molecule has 0 amide bonds. The van der Waals surface area contributed by atoms with Crippen LogP contribution in [-0.4, -0.2) is 9.97 Å². The zero-order valence-electron chi connectivity index (χ0n) is 11.1. The fraction of sp³-hybridized carbons (Fsp3) is 0.125. The number of hydrogen-bond acceptors (Lipinski definition) is 3. The Balaban J connectivity index is 1.91. The summed E-state index contributed by atoms with van der Waals surface area (Å²) in [6.07, 6.45) is 5.47. The SMILES string of the molecule is Cc1ccnc(Cl)c1NCc1cncc2ccccc12. The molecule has 3 rings (SSSR count). The second-order valence-corrected chi connectivity index (χ2v) is 5.02. The molecule has 4 heteroatoms. The van der Waals surface area contributed by atoms with Gasteiger partial charge >= 0.3 is 0 Å². The summed E-state index contributed by atoms with van der Waals surface area (Å²) in [4.78, 5) is 8.38. The first-order chi connectivity index (χ1) is 9.75. The monoisotopic (exact) mass is 283 g/mol. The molecule has 0 aliphatic carbocycles. The number of nitrogens with one attached hydrogen (secondary N) is 1. The molecule has 0 spiro atoms. The van der Waals surface area contributed by atoms with Gasteiger partial charge in [0.15, 0.2) is 5.15 Å². The molecule has 0 radical (unpaired) electrons. The fourth-order valence-electron chi connectivity index (χ4n) is 2.24. The Hall–Kier alpha value is -2.13. The topological polar surface area (TPSA) is 37.8 Å². The fourth-order valence-corrected chi connectivity index (χ4v) is 2.51. The van der Waals surface area contributed by atoms with Gasteiger partial charge in [0.1, 0.15) is 0 Å². The van der Waals surface area contributed by atoms with E-state index in [0.717, 1.165) is 22.2 Å². The second kappa shape index (κ2) is 5.47. The molecule has 3 aromatic rings. The van der Waals surface area contributed by atoms with Gasteiger partial charge in [0.25, 0.3) is 0 Å². The molecule has 2 heterocycles. The summed E-state index contributed by atoms with van der Waals surface area (Å²) >= 11 is 6.12. The van der Waals surface area contributed by atoms with Gasteiger partial charge in [-0.05, 0) is 29.5 Å². The number of halogens is 1. The third-order valence-corrected chi connectivity index (χ3v) is 3.61. The second-order valence-electron chi connectivity index (χ2n) is 4.67. The van der Waals surface area contributed by atoms with Crippen molar-refractivity contribution in [3.8, 4) is 0 Å². The molecular weight excluding hydrogens is 270 g/mol. The van der Waals surface area contributed by atoms with Crippen molar-refractivity contribution >= 4 is 28.1 Å². The summed E-state index contributed by atoms with van der Waals surface area (Å²) in [5.41, 5.74) is 3.10. The average Bonchev–Trinajstić information content (AvgIpc) is 2.47. The average molecular weight is 284 g/mol. The Morgan fingerprint density at radius 2 is 2.00 bits per heavy atom. The van der Waals surface area contributed by atoms with Gasteiger partial charge in [-0.3, -0.25) is 4.98 Å². The molecule has 0 saturated carbocycles. The summed E-state index contributed by atoms with van der Waals surface area (Å²) in [5, 5.41) is 6.19. The van der Waals surface area contributed by atoms with Crippen LogP contribution in [0.3, 0.4) is 0 Å². The Morgan fingerprint density at radius 1 is 1.15 bits per heavy atom. The maximum absolute atomic E-state index is 6.12. The molecule has 0 unspecified atom stereocenters. The highest BCUT2D eigenvalue weighted by Gasteiger charge is 2.06. The van der Waals surface area contributed by atoms with E-state index in [1.54, 1.807) is 6.20 Å². The smallest absolute Gasteiger partial charge is 0.152 e. The van der Waals surface area contributed by atoms with Crippen molar-refractivity contribution in [1.82, 2.24) is 9.97 Å². The van der Waals surface area contributed by atoms with Gasteiger partial charge in [0.05, 0.1) is 5.69 Å². The van der Waals surface area contributed by atoms with Crippen LogP contribution in [0.15, 0.2) is 48.9 Å². The number of aromatic nitrogens is 2. The van der Waals surface area contributed by atoms with Gasteiger partial charge in [0, 0.05) is 30.5 Å². The Morgan fingerprint density at radius 3 is 2.85 bits per heavy atom. The van der Waals surface area contributed by atoms with E-state index in [0.29, 0.717) is 11.7 Å². The summed E-state index contributed by atoms with van der Waals surface area (Å²) in [6, 6.07) is 10.2. The maximum atomic E-state index is 6.12. The normalized spacial score (nSPS) is 10.7. The predicted molar refractivity (Wildman–Crippen MR) is 83.1 cm³/mol. The van der Waals surface area contributed by atoms with Gasteiger partial charge in [-0.2, -0.15) is 0 Å². The Kier molecular flexibility index (Phi) is 3.52. The minimum absolute atomic E-state index is 0.498. The van der Waals surface area contributed by atoms with Crippen LogP contribution in [0.25, 0.3) is 10.8 Å². The lowest BCUT2D eigenvalue weighted by atomic mass is 10.1. The van der Waals surface area contributed by atoms with Crippen LogP contribution in [0.1, 0.15) is 11.1 Å². The first kappa shape index (κ1) is 12.9. The van der Waals surface area contributed by atoms with Crippen molar-refractivity contribution in [2.75, 3.05) is 5.32 Å². The minimum atomic E-state index is 0.498. The molecule has 1 N–H and O–H groups in total. The van der Waals surface area contributed by atoms with Crippen molar-refractivity contribution in [1.29, 1.82) is 0 Å². The summed E-state index contributed by atoms with van der Waals surface area (Å²) in [5.74, 6) is 0. The lowest BCUT2D eigenvalue weighted by Crippen LogP contribution is -2.03. The lowest BCUT2D eigenvalue weighted by Gasteiger charge is -2.12. The highest BCUT2D eigenvalue weighted by atomic mass is 35.5. The lowest BCUT2D eigenvalue weighted by molar-refractivity contribution is 1.12. The van der Waals surface area contributed by atoms with Crippen molar-refractivity contribution in [2.45, 2.75) is 13.5 Å². The van der Waals surface area contributed by atoms with Crippen LogP contribution in [-0.2, 0) is 6.54 Å². The third kappa shape index (κ3) is 2.45. The molecule has 1 aromatic carbocycles. The molecule has 0 atom stereocenters. The predicted octanol–water partition coefficient (Wildman–Crippen LogP) is 4.20. The van der Waals surface area contributed by atoms with Gasteiger partial charge in [-0.15, -0.1) is 0 Å². The number of aryl methyl sites for hydroxylation is 1. The zero-order chi connectivity index (χ0) is 13.9. The van der Waals surface area contributed by atoms with Crippen LogP contribution < -0.4 is 5.32 Å². The Labute approximate surface area is 122 Å². The zero-order valence-corrected chi connectivity index (χ0v) is 11.9. The number of anilines is 1. The van der Waals surface area contributed by atoms with E-state index in [4.69, 9.17) is 11.6 Å². The summed E-state index contributed by atoms with van der Waals surface area (Å²) in [7, 11) is 0. The first-order valence-corrected chi connectivity index (χ1v) is 6.80. The number of fused-ring (bicyclic) bond motifs is 1. The molecule has 0 saturated heterocycles. The van der Waals surface area contributed by atoms with Crippen molar-refractivity contribution < 1.29 is 0 Å². The molecule has 0 bridgehead atoms. The van der Waals surface area contributed by atoms with Crippen molar-refractivity contribution in [3.63, 3.8) is 0 Å². The molecule has 0 aliphatic rings. The molecule has 0 fully saturated rings. The van der Waals surface area contributed by atoms with Crippen molar-refractivity contribution in [2.24, 2.45) is 0 Å². The van der Waals surface area contributed by atoms with Gasteiger partial charge < -0.3 is 5.32 Å². The quantitative estimate of drug-likeness (QED) is 0.732. The summed E-state index contributed by atoms with van der Waals surface area (Å²) in [6.45, 7) is 2.68. The number of rotatable bonds is 3. The third-order valence-electron chi connectivity index (χ3n) is 3.32.